The fourth-order valence-corrected chi connectivity index (χ4v) is 3.96. The molecule has 0 amide bonds. The second-order valence-corrected chi connectivity index (χ2v) is 7.97. The molecule has 1 aromatic carbocycles. The summed E-state index contributed by atoms with van der Waals surface area (Å²) in [5.74, 6) is -1.29. The molecule has 3 heterocycles. The van der Waals surface area contributed by atoms with Gasteiger partial charge in [0.25, 0.3) is 5.56 Å². The van der Waals surface area contributed by atoms with E-state index in [0.717, 1.165) is 16.8 Å². The van der Waals surface area contributed by atoms with Crippen molar-refractivity contribution in [1.82, 2.24) is 19.2 Å². The molecule has 0 bridgehead atoms. The average Bonchev–Trinajstić information content (AvgIpc) is 3.09. The fourth-order valence-electron chi connectivity index (χ4n) is 3.83. The second-order valence-electron chi connectivity index (χ2n) is 7.53. The van der Waals surface area contributed by atoms with Gasteiger partial charge in [0.1, 0.15) is 6.04 Å². The molecule has 154 valence electrons. The molecule has 0 saturated heterocycles. The summed E-state index contributed by atoms with van der Waals surface area (Å²) in [5.41, 5.74) is 3.52. The van der Waals surface area contributed by atoms with Crippen LogP contribution in [0.15, 0.2) is 47.5 Å². The van der Waals surface area contributed by atoms with Crippen LogP contribution in [0, 0.1) is 5.92 Å². The van der Waals surface area contributed by atoms with Crippen molar-refractivity contribution < 1.29 is 9.90 Å². The number of pyridine rings is 1. The summed E-state index contributed by atoms with van der Waals surface area (Å²) in [4.78, 5) is 29.3. The van der Waals surface area contributed by atoms with Gasteiger partial charge in [-0.05, 0) is 36.1 Å². The third-order valence-corrected chi connectivity index (χ3v) is 5.52. The topological polar surface area (TPSA) is 89.5 Å². The molecule has 0 aliphatic carbocycles. The van der Waals surface area contributed by atoms with E-state index in [2.05, 4.69) is 4.98 Å². The Kier molecular flexibility index (Phi) is 5.07. The third-order valence-electron chi connectivity index (χ3n) is 5.26. The van der Waals surface area contributed by atoms with E-state index in [1.54, 1.807) is 24.4 Å². The highest BCUT2D eigenvalue weighted by Crippen LogP contribution is 2.30. The van der Waals surface area contributed by atoms with Crippen molar-refractivity contribution >= 4 is 34.1 Å². The highest BCUT2D eigenvalue weighted by atomic mass is 35.5. The van der Waals surface area contributed by atoms with Crippen LogP contribution in [0.2, 0.25) is 5.02 Å². The number of hydrogen-bond donors (Lipinski definition) is 1. The van der Waals surface area contributed by atoms with Crippen molar-refractivity contribution in [2.75, 3.05) is 0 Å². The molecule has 0 saturated carbocycles. The van der Waals surface area contributed by atoms with E-state index < -0.39 is 17.6 Å². The summed E-state index contributed by atoms with van der Waals surface area (Å²) in [6.45, 7) is 5.56. The van der Waals surface area contributed by atoms with E-state index in [1.807, 2.05) is 31.2 Å². The Bertz CT molecular complexity index is 1320. The zero-order valence-electron chi connectivity index (χ0n) is 16.8. The molecule has 8 heteroatoms. The van der Waals surface area contributed by atoms with E-state index in [-0.39, 0.29) is 5.92 Å². The number of nitrogens with zero attached hydrogens (tertiary/aromatic N) is 4. The highest BCUT2D eigenvalue weighted by molar-refractivity contribution is 6.30. The lowest BCUT2D eigenvalue weighted by Crippen LogP contribution is -2.33. The second kappa shape index (κ2) is 7.57. The molecular weight excluding hydrogens is 404 g/mol. The lowest BCUT2D eigenvalue weighted by Gasteiger charge is -2.19. The Balaban J connectivity index is 1.99. The number of rotatable bonds is 5. The van der Waals surface area contributed by atoms with Gasteiger partial charge in [0.2, 0.25) is 0 Å². The average molecular weight is 425 g/mol. The van der Waals surface area contributed by atoms with Gasteiger partial charge in [0, 0.05) is 23.0 Å². The van der Waals surface area contributed by atoms with E-state index in [9.17, 15) is 14.7 Å². The number of aromatic nitrogens is 4. The van der Waals surface area contributed by atoms with Crippen molar-refractivity contribution in [1.29, 1.82) is 0 Å². The third kappa shape index (κ3) is 3.15. The number of carboxylic acid groups (broad SMARTS) is 1. The zero-order valence-corrected chi connectivity index (χ0v) is 17.6. The normalized spacial score (nSPS) is 12.7. The molecule has 3 aromatic heterocycles. The summed E-state index contributed by atoms with van der Waals surface area (Å²) in [7, 11) is 0. The smallest absolute Gasteiger partial charge is 0.327 e. The number of aliphatic carboxylic acids is 1. The minimum Gasteiger partial charge on any atom is -0.480 e. The van der Waals surface area contributed by atoms with Gasteiger partial charge in [-0.15, -0.1) is 0 Å². The molecule has 1 N–H and O–H groups in total. The van der Waals surface area contributed by atoms with Crippen LogP contribution in [0.3, 0.4) is 0 Å². The van der Waals surface area contributed by atoms with Gasteiger partial charge in [-0.1, -0.05) is 44.5 Å². The Labute approximate surface area is 177 Å². The van der Waals surface area contributed by atoms with Crippen LogP contribution in [0.25, 0.3) is 27.7 Å². The maximum atomic E-state index is 13.1. The van der Waals surface area contributed by atoms with Crippen LogP contribution in [-0.2, 0) is 11.2 Å². The fraction of sp³-hybridized carbons (Fsp3) is 0.273. The first-order valence-electron chi connectivity index (χ1n) is 9.73. The number of halogens is 1. The minimum atomic E-state index is -1.04. The maximum absolute atomic E-state index is 13.1. The first kappa shape index (κ1) is 20.1. The largest absolute Gasteiger partial charge is 0.480 e. The van der Waals surface area contributed by atoms with Crippen LogP contribution in [-0.4, -0.2) is 30.2 Å². The molecule has 7 nitrogen and oxygen atoms in total. The molecular formula is C22H21ClN4O3. The molecule has 0 aliphatic rings. The quantitative estimate of drug-likeness (QED) is 0.518. The van der Waals surface area contributed by atoms with Gasteiger partial charge in [0.15, 0.2) is 5.65 Å². The number of carbonyl (C=O) groups is 1. The van der Waals surface area contributed by atoms with E-state index in [1.165, 1.54) is 17.0 Å². The van der Waals surface area contributed by atoms with Crippen molar-refractivity contribution in [2.45, 2.75) is 33.2 Å². The summed E-state index contributed by atoms with van der Waals surface area (Å²) in [6.07, 6.45) is 3.72. The highest BCUT2D eigenvalue weighted by Gasteiger charge is 2.26. The minimum absolute atomic E-state index is 0.248. The zero-order chi connectivity index (χ0) is 21.6. The SMILES string of the molecule is CCc1nn2c(ncc3c(=O)n(C(C(=O)O)C(C)C)ccc32)c1-c1ccc(Cl)cc1. The van der Waals surface area contributed by atoms with Crippen LogP contribution < -0.4 is 5.56 Å². The Morgan fingerprint density at radius 3 is 2.50 bits per heavy atom. The molecule has 30 heavy (non-hydrogen) atoms. The summed E-state index contributed by atoms with van der Waals surface area (Å²) in [6, 6.07) is 8.24. The van der Waals surface area contributed by atoms with Gasteiger partial charge in [-0.2, -0.15) is 5.10 Å². The lowest BCUT2D eigenvalue weighted by atomic mass is 10.0. The molecule has 4 aromatic rings. The van der Waals surface area contributed by atoms with Crippen molar-refractivity contribution in [3.8, 4) is 11.1 Å². The van der Waals surface area contributed by atoms with Crippen molar-refractivity contribution in [3.63, 3.8) is 0 Å². The van der Waals surface area contributed by atoms with E-state index in [4.69, 9.17) is 16.7 Å². The van der Waals surface area contributed by atoms with Crippen molar-refractivity contribution in [2.24, 2.45) is 5.92 Å². The lowest BCUT2D eigenvalue weighted by molar-refractivity contribution is -0.142. The molecule has 0 aliphatic heterocycles. The molecule has 1 unspecified atom stereocenters. The number of benzene rings is 1. The predicted octanol–water partition coefficient (Wildman–Crippen LogP) is 4.21. The first-order valence-corrected chi connectivity index (χ1v) is 10.1. The molecule has 4 rings (SSSR count). The summed E-state index contributed by atoms with van der Waals surface area (Å²) >= 11 is 6.03. The Morgan fingerprint density at radius 1 is 1.20 bits per heavy atom. The van der Waals surface area contributed by atoms with Crippen LogP contribution in [0.4, 0.5) is 0 Å². The van der Waals surface area contributed by atoms with Gasteiger partial charge in [-0.3, -0.25) is 4.79 Å². The maximum Gasteiger partial charge on any atom is 0.327 e. The van der Waals surface area contributed by atoms with Crippen LogP contribution in [0.5, 0.6) is 0 Å². The van der Waals surface area contributed by atoms with Crippen LogP contribution in [0.1, 0.15) is 32.5 Å². The number of carboxylic acids is 1. The van der Waals surface area contributed by atoms with Gasteiger partial charge in [-0.25, -0.2) is 14.3 Å². The van der Waals surface area contributed by atoms with E-state index >= 15 is 0 Å². The van der Waals surface area contributed by atoms with E-state index in [0.29, 0.717) is 28.0 Å². The summed E-state index contributed by atoms with van der Waals surface area (Å²) in [5, 5.41) is 15.2. The van der Waals surface area contributed by atoms with Gasteiger partial charge in [0.05, 0.1) is 16.6 Å². The summed E-state index contributed by atoms with van der Waals surface area (Å²) < 4.78 is 2.92. The molecule has 0 radical (unpaired) electrons. The number of hydrogen-bond acceptors (Lipinski definition) is 4. The molecule has 0 fully saturated rings. The van der Waals surface area contributed by atoms with Crippen LogP contribution >= 0.6 is 11.6 Å². The Hall–Kier alpha value is -3.19. The predicted molar refractivity (Wildman–Crippen MR) is 116 cm³/mol. The molecule has 0 spiro atoms. The van der Waals surface area contributed by atoms with Gasteiger partial charge < -0.3 is 9.67 Å². The van der Waals surface area contributed by atoms with Crippen molar-refractivity contribution in [3.05, 3.63) is 63.8 Å². The monoisotopic (exact) mass is 424 g/mol. The first-order chi connectivity index (χ1) is 14.3. The molecule has 1 atom stereocenters. The Morgan fingerprint density at radius 2 is 1.90 bits per heavy atom. The standard InChI is InChI=1S/C22H21ClN4O3/c1-4-16-18(13-5-7-14(23)8-6-13)20-24-11-15-17(27(20)25-16)9-10-26(21(15)28)19(12(2)3)22(29)30/h5-12,19H,4H2,1-3H3,(H,29,30). The van der Waals surface area contributed by atoms with Gasteiger partial charge >= 0.3 is 5.97 Å². The number of fused-ring (bicyclic) bond motifs is 3. The number of aryl methyl sites for hydroxylation is 1.